The van der Waals surface area contributed by atoms with Crippen LogP contribution < -0.4 is 11.1 Å². The molecule has 4 N–H and O–H groups in total. The number of nitrogens with two attached hydrogens (primary N) is 1. The number of carbonyl (C=O) groups excluding carboxylic acids is 1. The van der Waals surface area contributed by atoms with Crippen molar-refractivity contribution in [1.82, 2.24) is 0 Å². The predicted molar refractivity (Wildman–Crippen MR) is 80.1 cm³/mol. The Balaban J connectivity index is 2.65. The molecule has 7 heteroatoms. The summed E-state index contributed by atoms with van der Waals surface area (Å²) in [7, 11) is 0. The lowest BCUT2D eigenvalue weighted by atomic mass is 9.87. The van der Waals surface area contributed by atoms with Gasteiger partial charge in [-0.15, -0.1) is 0 Å². The maximum absolute atomic E-state index is 11.8. The molecule has 0 saturated carbocycles. The first-order valence-electron chi connectivity index (χ1n) is 6.61. The Morgan fingerprint density at radius 1 is 1.48 bits per heavy atom. The fourth-order valence-electron chi connectivity index (χ4n) is 2.04. The number of carbonyl (C=O) groups is 1. The average molecular weight is 295 g/mol. The number of nitro benzene ring substituents is 1. The Bertz CT molecular complexity index is 538. The lowest BCUT2D eigenvalue weighted by Crippen LogP contribution is -2.31. The normalized spacial score (nSPS) is 12.8. The van der Waals surface area contributed by atoms with Gasteiger partial charge in [-0.3, -0.25) is 14.9 Å². The van der Waals surface area contributed by atoms with Crippen LogP contribution in [0.5, 0.6) is 5.75 Å². The van der Waals surface area contributed by atoms with Crippen molar-refractivity contribution in [2.75, 3.05) is 5.32 Å². The minimum atomic E-state index is -0.620. The fraction of sp³-hybridized carbons (Fsp3) is 0.500. The summed E-state index contributed by atoms with van der Waals surface area (Å²) >= 11 is 0. The number of amides is 1. The van der Waals surface area contributed by atoms with Gasteiger partial charge in [0.1, 0.15) is 5.75 Å². The maximum Gasteiger partial charge on any atom is 0.273 e. The van der Waals surface area contributed by atoms with Gasteiger partial charge in [-0.05, 0) is 17.9 Å². The van der Waals surface area contributed by atoms with Crippen LogP contribution in [-0.4, -0.2) is 22.0 Å². The van der Waals surface area contributed by atoms with Gasteiger partial charge in [0.15, 0.2) is 0 Å². The van der Waals surface area contributed by atoms with Crippen LogP contribution >= 0.6 is 0 Å². The number of phenolic OH excluding ortho intramolecular Hbond substituents is 1. The summed E-state index contributed by atoms with van der Waals surface area (Å²) in [6.45, 7) is 6.10. The molecule has 1 aromatic carbocycles. The van der Waals surface area contributed by atoms with Crippen molar-refractivity contribution in [2.45, 2.75) is 39.7 Å². The molecule has 0 bridgehead atoms. The van der Waals surface area contributed by atoms with Crippen molar-refractivity contribution in [1.29, 1.82) is 0 Å². The molecule has 1 atom stereocenters. The molecule has 21 heavy (non-hydrogen) atoms. The highest BCUT2D eigenvalue weighted by molar-refractivity contribution is 5.92. The second-order valence-corrected chi connectivity index (χ2v) is 6.24. The zero-order valence-corrected chi connectivity index (χ0v) is 12.4. The van der Waals surface area contributed by atoms with E-state index >= 15 is 0 Å². The molecule has 0 radical (unpaired) electrons. The van der Waals surface area contributed by atoms with Crippen molar-refractivity contribution < 1.29 is 14.8 Å². The van der Waals surface area contributed by atoms with Gasteiger partial charge in [0.25, 0.3) is 5.69 Å². The molecule has 1 unspecified atom stereocenters. The van der Waals surface area contributed by atoms with Gasteiger partial charge in [-0.2, -0.15) is 0 Å². The number of non-ortho nitro benzene ring substituents is 1. The number of hydrogen-bond donors (Lipinski definition) is 3. The molecular formula is C14H21N3O4. The van der Waals surface area contributed by atoms with Crippen LogP contribution in [0.25, 0.3) is 0 Å². The number of anilines is 1. The van der Waals surface area contributed by atoms with E-state index < -0.39 is 4.92 Å². The Morgan fingerprint density at radius 3 is 2.57 bits per heavy atom. The Hall–Kier alpha value is -2.15. The van der Waals surface area contributed by atoms with Crippen LogP contribution in [0.4, 0.5) is 11.4 Å². The molecule has 0 aliphatic heterocycles. The van der Waals surface area contributed by atoms with E-state index in [1.165, 1.54) is 12.1 Å². The second kappa shape index (κ2) is 6.53. The smallest absolute Gasteiger partial charge is 0.273 e. The van der Waals surface area contributed by atoms with Crippen LogP contribution in [0.1, 0.15) is 33.6 Å². The van der Waals surface area contributed by atoms with E-state index in [9.17, 15) is 20.0 Å². The van der Waals surface area contributed by atoms with Gasteiger partial charge in [0, 0.05) is 18.5 Å². The average Bonchev–Trinajstić information content (AvgIpc) is 2.28. The molecule has 1 amide bonds. The van der Waals surface area contributed by atoms with Crippen molar-refractivity contribution in [3.63, 3.8) is 0 Å². The standard InChI is InChI=1S/C14H21N3O4/c1-14(2,3)8-9(15)6-13(19)16-11-5-4-10(17(20)21)7-12(11)18/h4-5,7,9,18H,6,8,15H2,1-3H3,(H,16,19). The highest BCUT2D eigenvalue weighted by Gasteiger charge is 2.19. The third-order valence-electron chi connectivity index (χ3n) is 2.79. The highest BCUT2D eigenvalue weighted by atomic mass is 16.6. The van der Waals surface area contributed by atoms with E-state index in [4.69, 9.17) is 5.73 Å². The molecule has 0 aliphatic rings. The zero-order valence-electron chi connectivity index (χ0n) is 12.4. The summed E-state index contributed by atoms with van der Waals surface area (Å²) in [4.78, 5) is 21.8. The molecule has 7 nitrogen and oxygen atoms in total. The van der Waals surface area contributed by atoms with Crippen molar-refractivity contribution in [3.8, 4) is 5.75 Å². The minimum absolute atomic E-state index is 0.0230. The molecule has 0 saturated heterocycles. The van der Waals surface area contributed by atoms with E-state index in [0.29, 0.717) is 6.42 Å². The third kappa shape index (κ3) is 5.78. The molecule has 0 heterocycles. The molecule has 0 aliphatic carbocycles. The molecular weight excluding hydrogens is 274 g/mol. The van der Waals surface area contributed by atoms with E-state index in [1.807, 2.05) is 20.8 Å². The molecule has 1 rings (SSSR count). The van der Waals surface area contributed by atoms with Crippen LogP contribution in [0.15, 0.2) is 18.2 Å². The molecule has 116 valence electrons. The van der Waals surface area contributed by atoms with E-state index in [0.717, 1.165) is 6.07 Å². The van der Waals surface area contributed by atoms with E-state index in [1.54, 1.807) is 0 Å². The number of hydrogen-bond acceptors (Lipinski definition) is 5. The quantitative estimate of drug-likeness (QED) is 0.438. The summed E-state index contributed by atoms with van der Waals surface area (Å²) in [5, 5.41) is 22.7. The maximum atomic E-state index is 11.8. The molecule has 0 aromatic heterocycles. The monoisotopic (exact) mass is 295 g/mol. The Labute approximate surface area is 123 Å². The van der Waals surface area contributed by atoms with Gasteiger partial charge in [0.2, 0.25) is 5.91 Å². The molecule has 0 fully saturated rings. The number of rotatable bonds is 5. The summed E-state index contributed by atoms with van der Waals surface area (Å²) in [6.07, 6.45) is 0.806. The summed E-state index contributed by atoms with van der Waals surface area (Å²) in [5.41, 5.74) is 5.82. The van der Waals surface area contributed by atoms with Gasteiger partial charge in [-0.25, -0.2) is 0 Å². The topological polar surface area (TPSA) is 118 Å². The zero-order chi connectivity index (χ0) is 16.2. The fourth-order valence-corrected chi connectivity index (χ4v) is 2.04. The lowest BCUT2D eigenvalue weighted by Gasteiger charge is -2.22. The van der Waals surface area contributed by atoms with Crippen molar-refractivity contribution in [2.24, 2.45) is 11.1 Å². The molecule has 1 aromatic rings. The van der Waals surface area contributed by atoms with Crippen LogP contribution in [0, 0.1) is 15.5 Å². The minimum Gasteiger partial charge on any atom is -0.506 e. The summed E-state index contributed by atoms with van der Waals surface area (Å²) < 4.78 is 0. The number of nitro groups is 1. The van der Waals surface area contributed by atoms with Crippen molar-refractivity contribution in [3.05, 3.63) is 28.3 Å². The van der Waals surface area contributed by atoms with Gasteiger partial charge in [-0.1, -0.05) is 20.8 Å². The van der Waals surface area contributed by atoms with E-state index in [2.05, 4.69) is 5.32 Å². The highest BCUT2D eigenvalue weighted by Crippen LogP contribution is 2.28. The summed E-state index contributed by atoms with van der Waals surface area (Å²) in [5.74, 6) is -0.683. The molecule has 0 spiro atoms. The SMILES string of the molecule is CC(C)(C)CC(N)CC(=O)Nc1ccc([N+](=O)[O-])cc1O. The first-order chi connectivity index (χ1) is 9.58. The van der Waals surface area contributed by atoms with Crippen LogP contribution in [-0.2, 0) is 4.79 Å². The van der Waals surface area contributed by atoms with Crippen LogP contribution in [0.3, 0.4) is 0 Å². The number of aromatic hydroxyl groups is 1. The van der Waals surface area contributed by atoms with Gasteiger partial charge >= 0.3 is 0 Å². The Morgan fingerprint density at radius 2 is 2.10 bits per heavy atom. The Kier molecular flexibility index (Phi) is 5.26. The number of nitrogens with zero attached hydrogens (tertiary/aromatic N) is 1. The number of nitrogens with one attached hydrogen (secondary N) is 1. The first kappa shape index (κ1) is 16.9. The van der Waals surface area contributed by atoms with E-state index in [-0.39, 0.29) is 40.9 Å². The largest absolute Gasteiger partial charge is 0.506 e. The predicted octanol–water partition coefficient (Wildman–Crippen LogP) is 2.39. The van der Waals surface area contributed by atoms with Gasteiger partial charge in [0.05, 0.1) is 16.7 Å². The van der Waals surface area contributed by atoms with Crippen LogP contribution in [0.2, 0.25) is 0 Å². The second-order valence-electron chi connectivity index (χ2n) is 6.24. The first-order valence-corrected chi connectivity index (χ1v) is 6.61. The lowest BCUT2D eigenvalue weighted by molar-refractivity contribution is -0.384. The number of phenols is 1. The third-order valence-corrected chi connectivity index (χ3v) is 2.79. The van der Waals surface area contributed by atoms with Crippen molar-refractivity contribution >= 4 is 17.3 Å². The summed E-state index contributed by atoms with van der Waals surface area (Å²) in [6, 6.07) is 3.21. The van der Waals surface area contributed by atoms with Gasteiger partial charge < -0.3 is 16.2 Å². The number of benzene rings is 1.